The standard InChI is InChI=1S/C13H10Cl2O5P/c14-11-5-4-10(7-12(11)15)20-9-3-1-2-8(6-9)13(16)21(17,18)19/h1-7,17-19H/q+1. The van der Waals surface area contributed by atoms with Crippen LogP contribution in [0.2, 0.25) is 10.0 Å². The van der Waals surface area contributed by atoms with Crippen LogP contribution in [-0.4, -0.2) is 20.2 Å². The van der Waals surface area contributed by atoms with Crippen molar-refractivity contribution in [3.8, 4) is 11.5 Å². The summed E-state index contributed by atoms with van der Waals surface area (Å²) in [5.41, 5.74) is -1.23. The summed E-state index contributed by atoms with van der Waals surface area (Å²) >= 11 is 11.6. The number of carbonyl (C=O) groups is 1. The summed E-state index contributed by atoms with van der Waals surface area (Å²) in [4.78, 5) is 38.5. The SMILES string of the molecule is O=C(c1cccc(Oc2ccc(Cl)c(Cl)c2)c1)[P+](O)(O)O. The maximum Gasteiger partial charge on any atom is 0.483 e. The molecule has 110 valence electrons. The second-order valence-electron chi connectivity index (χ2n) is 4.08. The summed E-state index contributed by atoms with van der Waals surface area (Å²) in [7, 11) is -4.58. The number of benzene rings is 2. The summed E-state index contributed by atoms with van der Waals surface area (Å²) in [6.07, 6.45) is 0. The van der Waals surface area contributed by atoms with Crippen LogP contribution in [0.1, 0.15) is 10.4 Å². The van der Waals surface area contributed by atoms with Crippen LogP contribution in [0.3, 0.4) is 0 Å². The molecule has 0 bridgehead atoms. The summed E-state index contributed by atoms with van der Waals surface area (Å²) in [5.74, 6) is 0.666. The van der Waals surface area contributed by atoms with Crippen molar-refractivity contribution in [1.82, 2.24) is 0 Å². The van der Waals surface area contributed by atoms with Crippen molar-refractivity contribution in [3.63, 3.8) is 0 Å². The van der Waals surface area contributed by atoms with E-state index in [2.05, 4.69) is 0 Å². The zero-order valence-electron chi connectivity index (χ0n) is 10.4. The second kappa shape index (κ2) is 6.28. The molecule has 2 aromatic rings. The lowest BCUT2D eigenvalue weighted by molar-refractivity contribution is 0.102. The van der Waals surface area contributed by atoms with Gasteiger partial charge in [-0.1, -0.05) is 29.3 Å². The lowest BCUT2D eigenvalue weighted by Gasteiger charge is -2.08. The predicted molar refractivity (Wildman–Crippen MR) is 80.9 cm³/mol. The molecule has 0 radical (unpaired) electrons. The largest absolute Gasteiger partial charge is 0.483 e. The Bertz CT molecular complexity index is 685. The van der Waals surface area contributed by atoms with Crippen LogP contribution >= 0.6 is 31.1 Å². The third kappa shape index (κ3) is 4.14. The van der Waals surface area contributed by atoms with E-state index in [1.807, 2.05) is 0 Å². The number of carbonyl (C=O) groups excluding carboxylic acids is 1. The molecule has 0 aliphatic carbocycles. The Balaban J connectivity index is 2.25. The van der Waals surface area contributed by atoms with Gasteiger partial charge in [0.05, 0.1) is 15.6 Å². The first-order chi connectivity index (χ1) is 9.77. The van der Waals surface area contributed by atoms with Crippen molar-refractivity contribution in [2.24, 2.45) is 0 Å². The van der Waals surface area contributed by atoms with Crippen molar-refractivity contribution in [3.05, 3.63) is 58.1 Å². The summed E-state index contributed by atoms with van der Waals surface area (Å²) in [5, 5.41) is 0.691. The molecular formula is C13H10Cl2O5P+. The molecule has 0 aliphatic heterocycles. The van der Waals surface area contributed by atoms with E-state index in [0.717, 1.165) is 0 Å². The minimum atomic E-state index is -4.58. The summed E-state index contributed by atoms with van der Waals surface area (Å²) in [6.45, 7) is 0. The third-order valence-electron chi connectivity index (χ3n) is 2.48. The molecule has 5 nitrogen and oxygen atoms in total. The highest BCUT2D eigenvalue weighted by atomic mass is 35.5. The Hall–Kier alpha value is -1.20. The highest BCUT2D eigenvalue weighted by Crippen LogP contribution is 2.48. The minimum Gasteiger partial charge on any atom is -0.457 e. The molecule has 0 aromatic heterocycles. The van der Waals surface area contributed by atoms with E-state index in [1.165, 1.54) is 24.3 Å². The maximum atomic E-state index is 11.6. The van der Waals surface area contributed by atoms with Gasteiger partial charge in [0.2, 0.25) is 0 Å². The fourth-order valence-corrected chi connectivity index (χ4v) is 2.32. The van der Waals surface area contributed by atoms with Crippen LogP contribution in [0.15, 0.2) is 42.5 Å². The van der Waals surface area contributed by atoms with Crippen LogP contribution < -0.4 is 4.74 Å². The topological polar surface area (TPSA) is 87.0 Å². The number of rotatable bonds is 4. The van der Waals surface area contributed by atoms with Crippen LogP contribution in [0.25, 0.3) is 0 Å². The Morgan fingerprint density at radius 3 is 2.24 bits per heavy atom. The highest BCUT2D eigenvalue weighted by Gasteiger charge is 2.43. The zero-order chi connectivity index (χ0) is 15.6. The molecule has 0 aliphatic rings. The lowest BCUT2D eigenvalue weighted by atomic mass is 10.2. The van der Waals surface area contributed by atoms with Gasteiger partial charge in [-0.25, -0.2) is 4.79 Å². The Labute approximate surface area is 130 Å². The molecule has 3 N–H and O–H groups in total. The van der Waals surface area contributed by atoms with Gasteiger partial charge in [0.15, 0.2) is 0 Å². The number of ether oxygens (including phenoxy) is 1. The van der Waals surface area contributed by atoms with Crippen molar-refractivity contribution < 1.29 is 24.2 Å². The van der Waals surface area contributed by atoms with Gasteiger partial charge in [0, 0.05) is 6.07 Å². The molecule has 0 saturated heterocycles. The van der Waals surface area contributed by atoms with Gasteiger partial charge in [-0.3, -0.25) is 0 Å². The molecule has 0 heterocycles. The van der Waals surface area contributed by atoms with Crippen molar-refractivity contribution in [2.45, 2.75) is 0 Å². The number of hydrogen-bond acceptors (Lipinski definition) is 5. The Morgan fingerprint density at radius 1 is 0.952 bits per heavy atom. The average Bonchev–Trinajstić information content (AvgIpc) is 2.41. The Morgan fingerprint density at radius 2 is 1.62 bits per heavy atom. The van der Waals surface area contributed by atoms with Crippen LogP contribution in [0, 0.1) is 0 Å². The predicted octanol–water partition coefficient (Wildman–Crippen LogP) is 3.67. The van der Waals surface area contributed by atoms with Crippen molar-refractivity contribution in [1.29, 1.82) is 0 Å². The first-order valence-corrected chi connectivity index (χ1v) is 8.03. The van der Waals surface area contributed by atoms with E-state index < -0.39 is 13.5 Å². The lowest BCUT2D eigenvalue weighted by Crippen LogP contribution is -2.05. The molecule has 21 heavy (non-hydrogen) atoms. The Kier molecular flexibility index (Phi) is 4.84. The van der Waals surface area contributed by atoms with Gasteiger partial charge >= 0.3 is 13.5 Å². The van der Waals surface area contributed by atoms with Gasteiger partial charge in [0.25, 0.3) is 0 Å². The molecule has 0 unspecified atom stereocenters. The molecule has 2 rings (SSSR count). The molecule has 0 spiro atoms. The first-order valence-electron chi connectivity index (χ1n) is 5.62. The summed E-state index contributed by atoms with van der Waals surface area (Å²) in [6, 6.07) is 10.3. The molecule has 8 heteroatoms. The van der Waals surface area contributed by atoms with E-state index in [4.69, 9.17) is 42.6 Å². The smallest absolute Gasteiger partial charge is 0.457 e. The van der Waals surface area contributed by atoms with E-state index in [-0.39, 0.29) is 11.3 Å². The quantitative estimate of drug-likeness (QED) is 0.734. The molecule has 0 fully saturated rings. The van der Waals surface area contributed by atoms with Crippen molar-refractivity contribution in [2.75, 3.05) is 0 Å². The van der Waals surface area contributed by atoms with Gasteiger partial charge in [-0.15, -0.1) is 0 Å². The molecule has 0 amide bonds. The first kappa shape index (κ1) is 16.2. The van der Waals surface area contributed by atoms with Gasteiger partial charge in [-0.2, -0.15) is 14.7 Å². The monoisotopic (exact) mass is 347 g/mol. The third-order valence-corrected chi connectivity index (χ3v) is 4.02. The van der Waals surface area contributed by atoms with E-state index in [9.17, 15) is 4.79 Å². The van der Waals surface area contributed by atoms with Gasteiger partial charge < -0.3 is 4.74 Å². The van der Waals surface area contributed by atoms with Crippen LogP contribution in [0.4, 0.5) is 0 Å². The fourth-order valence-electron chi connectivity index (χ4n) is 1.54. The summed E-state index contributed by atoms with van der Waals surface area (Å²) < 4.78 is 5.49. The number of halogens is 2. The van der Waals surface area contributed by atoms with Gasteiger partial charge in [-0.05, 0) is 30.3 Å². The van der Waals surface area contributed by atoms with E-state index in [1.54, 1.807) is 18.2 Å². The molecule has 0 atom stereocenters. The molecule has 2 aromatic carbocycles. The fraction of sp³-hybridized carbons (Fsp3) is 0. The number of hydrogen-bond donors (Lipinski definition) is 3. The molecular weight excluding hydrogens is 338 g/mol. The average molecular weight is 348 g/mol. The second-order valence-corrected chi connectivity index (χ2v) is 6.44. The van der Waals surface area contributed by atoms with Gasteiger partial charge in [0.1, 0.15) is 11.5 Å². The van der Waals surface area contributed by atoms with Crippen LogP contribution in [0.5, 0.6) is 11.5 Å². The minimum absolute atomic E-state index is 0.0756. The molecule has 0 saturated carbocycles. The van der Waals surface area contributed by atoms with Crippen molar-refractivity contribution >= 4 is 36.7 Å². The van der Waals surface area contributed by atoms with E-state index in [0.29, 0.717) is 15.8 Å². The van der Waals surface area contributed by atoms with Crippen LogP contribution in [-0.2, 0) is 0 Å². The normalized spacial score (nSPS) is 11.3. The highest BCUT2D eigenvalue weighted by molar-refractivity contribution is 7.76. The maximum absolute atomic E-state index is 11.6. The zero-order valence-corrected chi connectivity index (χ0v) is 12.8. The van der Waals surface area contributed by atoms with E-state index >= 15 is 0 Å².